The minimum Gasteiger partial charge on any atom is -0.494 e. The lowest BCUT2D eigenvalue weighted by Gasteiger charge is -2.25. The summed E-state index contributed by atoms with van der Waals surface area (Å²) in [6.07, 6.45) is 0.898. The Labute approximate surface area is 152 Å². The Balaban J connectivity index is 1.95. The number of hydrogen-bond acceptors (Lipinski definition) is 5. The topological polar surface area (TPSA) is 75.9 Å². The molecule has 6 nitrogen and oxygen atoms in total. The molecule has 2 atom stereocenters. The van der Waals surface area contributed by atoms with E-state index >= 15 is 0 Å². The Morgan fingerprint density at radius 1 is 1.24 bits per heavy atom. The van der Waals surface area contributed by atoms with Crippen molar-refractivity contribution < 1.29 is 13.7 Å². The molecule has 0 bridgehead atoms. The summed E-state index contributed by atoms with van der Waals surface area (Å²) in [5.74, 6) is 1.22. The Bertz CT molecular complexity index is 579. The monoisotopic (exact) mass is 367 g/mol. The second-order valence-corrected chi connectivity index (χ2v) is 7.99. The highest BCUT2D eigenvalue weighted by molar-refractivity contribution is 7.86. The normalized spacial score (nSPS) is 17.7. The van der Waals surface area contributed by atoms with Crippen molar-refractivity contribution in [1.82, 2.24) is 4.90 Å². The van der Waals surface area contributed by atoms with Gasteiger partial charge in [0.15, 0.2) is 0 Å². The average Bonchev–Trinajstić information content (AvgIpc) is 2.88. The molecule has 1 heterocycles. The summed E-state index contributed by atoms with van der Waals surface area (Å²) >= 11 is 0. The number of anilines is 1. The molecule has 1 aliphatic heterocycles. The number of ether oxygens (including phenoxy) is 1. The van der Waals surface area contributed by atoms with Gasteiger partial charge in [-0.25, -0.2) is 0 Å². The number of hydrogen-bond donors (Lipinski definition) is 1. The molecule has 0 saturated carbocycles. The molecule has 1 saturated heterocycles. The van der Waals surface area contributed by atoms with Gasteiger partial charge in [0.2, 0.25) is 5.91 Å². The largest absolute Gasteiger partial charge is 0.494 e. The quantitative estimate of drug-likeness (QED) is 0.784. The predicted octanol–water partition coefficient (Wildman–Crippen LogP) is 1.22. The van der Waals surface area contributed by atoms with Crippen LogP contribution in [0.15, 0.2) is 24.3 Å². The van der Waals surface area contributed by atoms with E-state index in [1.165, 1.54) is 0 Å². The maximum absolute atomic E-state index is 12.6. The van der Waals surface area contributed by atoms with Crippen molar-refractivity contribution in [3.05, 3.63) is 24.3 Å². The summed E-state index contributed by atoms with van der Waals surface area (Å²) < 4.78 is 17.5. The molecule has 1 fully saturated rings. The molecule has 7 heteroatoms. The number of rotatable bonds is 7. The summed E-state index contributed by atoms with van der Waals surface area (Å²) in [5.41, 5.74) is 6.59. The van der Waals surface area contributed by atoms with Crippen molar-refractivity contribution >= 4 is 22.4 Å². The van der Waals surface area contributed by atoms with Crippen molar-refractivity contribution in [1.29, 1.82) is 0 Å². The molecular formula is C18H29N3O3S. The van der Waals surface area contributed by atoms with Crippen LogP contribution in [0.3, 0.4) is 0 Å². The van der Waals surface area contributed by atoms with E-state index in [0.717, 1.165) is 30.9 Å². The summed E-state index contributed by atoms with van der Waals surface area (Å²) in [4.78, 5) is 16.7. The number of nitrogens with zero attached hydrogens (tertiary/aromatic N) is 2. The zero-order chi connectivity index (χ0) is 18.2. The highest BCUT2D eigenvalue weighted by Gasteiger charge is 2.26. The van der Waals surface area contributed by atoms with Crippen LogP contribution in [0.25, 0.3) is 0 Å². The van der Waals surface area contributed by atoms with Crippen LogP contribution in [0.5, 0.6) is 5.75 Å². The van der Waals surface area contributed by atoms with Crippen LogP contribution in [0.4, 0.5) is 5.69 Å². The highest BCUT2D eigenvalue weighted by Crippen LogP contribution is 2.21. The summed E-state index contributed by atoms with van der Waals surface area (Å²) in [7, 11) is -1.20. The van der Waals surface area contributed by atoms with Crippen LogP contribution in [-0.4, -0.2) is 65.3 Å². The van der Waals surface area contributed by atoms with Crippen molar-refractivity contribution in [2.75, 3.05) is 50.0 Å². The number of amides is 1. The fourth-order valence-electron chi connectivity index (χ4n) is 2.98. The third kappa shape index (κ3) is 5.44. The van der Waals surface area contributed by atoms with Gasteiger partial charge < -0.3 is 20.3 Å². The SMILES string of the molecule is CCOc1ccc(N2CCCN(C(=O)C(C)S(=O)CCN)CC2)cc1. The predicted molar refractivity (Wildman–Crippen MR) is 103 cm³/mol. The molecule has 1 aliphatic rings. The number of benzene rings is 1. The molecule has 0 spiro atoms. The van der Waals surface area contributed by atoms with E-state index in [9.17, 15) is 9.00 Å². The standard InChI is InChI=1S/C18H29N3O3S/c1-3-24-17-7-5-16(6-8-17)20-10-4-11-21(13-12-20)18(22)15(2)25(23)14-9-19/h5-8,15H,3-4,9-14,19H2,1-2H3. The van der Waals surface area contributed by atoms with Gasteiger partial charge in [0.25, 0.3) is 0 Å². The van der Waals surface area contributed by atoms with Crippen LogP contribution < -0.4 is 15.4 Å². The van der Waals surface area contributed by atoms with Crippen LogP contribution in [-0.2, 0) is 15.6 Å². The lowest BCUT2D eigenvalue weighted by Crippen LogP contribution is -2.42. The van der Waals surface area contributed by atoms with E-state index in [-0.39, 0.29) is 5.91 Å². The van der Waals surface area contributed by atoms with E-state index in [1.54, 1.807) is 6.92 Å². The maximum Gasteiger partial charge on any atom is 0.238 e. The van der Waals surface area contributed by atoms with E-state index < -0.39 is 16.0 Å². The molecule has 1 amide bonds. The fraction of sp³-hybridized carbons (Fsp3) is 0.611. The molecule has 0 radical (unpaired) electrons. The van der Waals surface area contributed by atoms with Crippen molar-refractivity contribution in [3.63, 3.8) is 0 Å². The van der Waals surface area contributed by atoms with Crippen LogP contribution in [0.2, 0.25) is 0 Å². The van der Waals surface area contributed by atoms with E-state index in [2.05, 4.69) is 17.0 Å². The second kappa shape index (κ2) is 9.77. The first-order chi connectivity index (χ1) is 12.1. The lowest BCUT2D eigenvalue weighted by atomic mass is 10.2. The number of nitrogens with two attached hydrogens (primary N) is 1. The van der Waals surface area contributed by atoms with E-state index in [1.807, 2.05) is 24.0 Å². The van der Waals surface area contributed by atoms with Gasteiger partial charge in [-0.3, -0.25) is 9.00 Å². The first kappa shape index (κ1) is 19.7. The zero-order valence-electron chi connectivity index (χ0n) is 15.1. The van der Waals surface area contributed by atoms with E-state index in [4.69, 9.17) is 10.5 Å². The molecule has 1 aromatic rings. The Morgan fingerprint density at radius 2 is 1.96 bits per heavy atom. The van der Waals surface area contributed by atoms with Gasteiger partial charge in [0, 0.05) is 55.0 Å². The third-order valence-corrected chi connectivity index (χ3v) is 6.01. The molecule has 2 N–H and O–H groups in total. The van der Waals surface area contributed by atoms with Crippen molar-refractivity contribution in [2.24, 2.45) is 5.73 Å². The van der Waals surface area contributed by atoms with Crippen LogP contribution in [0.1, 0.15) is 20.3 Å². The van der Waals surface area contributed by atoms with Gasteiger partial charge >= 0.3 is 0 Å². The maximum atomic E-state index is 12.6. The molecule has 0 aromatic heterocycles. The van der Waals surface area contributed by atoms with Gasteiger partial charge in [-0.2, -0.15) is 0 Å². The highest BCUT2D eigenvalue weighted by atomic mass is 32.2. The van der Waals surface area contributed by atoms with Gasteiger partial charge in [0.1, 0.15) is 11.0 Å². The molecule has 140 valence electrons. The Hall–Kier alpha value is -1.60. The van der Waals surface area contributed by atoms with Crippen LogP contribution in [0, 0.1) is 0 Å². The van der Waals surface area contributed by atoms with Gasteiger partial charge in [-0.05, 0) is 44.5 Å². The molecule has 0 aliphatic carbocycles. The van der Waals surface area contributed by atoms with E-state index in [0.29, 0.717) is 32.0 Å². The Morgan fingerprint density at radius 3 is 2.60 bits per heavy atom. The van der Waals surface area contributed by atoms with Crippen molar-refractivity contribution in [2.45, 2.75) is 25.5 Å². The number of carbonyl (C=O) groups is 1. The molecule has 2 rings (SSSR count). The molecule has 1 aromatic carbocycles. The number of carbonyl (C=O) groups excluding carboxylic acids is 1. The average molecular weight is 368 g/mol. The zero-order valence-corrected chi connectivity index (χ0v) is 16.0. The smallest absolute Gasteiger partial charge is 0.238 e. The van der Waals surface area contributed by atoms with Gasteiger partial charge in [-0.1, -0.05) is 0 Å². The summed E-state index contributed by atoms with van der Waals surface area (Å²) in [6.45, 7) is 7.74. The summed E-state index contributed by atoms with van der Waals surface area (Å²) in [5, 5.41) is -0.486. The second-order valence-electron chi connectivity index (χ2n) is 6.11. The third-order valence-electron chi connectivity index (χ3n) is 4.38. The van der Waals surface area contributed by atoms with Gasteiger partial charge in [-0.15, -0.1) is 0 Å². The summed E-state index contributed by atoms with van der Waals surface area (Å²) in [6, 6.07) is 8.07. The fourth-order valence-corrected chi connectivity index (χ4v) is 3.94. The van der Waals surface area contributed by atoms with Gasteiger partial charge in [0.05, 0.1) is 6.61 Å². The van der Waals surface area contributed by atoms with Crippen LogP contribution >= 0.6 is 0 Å². The Kier molecular flexibility index (Phi) is 7.71. The minimum atomic E-state index is -1.20. The first-order valence-electron chi connectivity index (χ1n) is 8.90. The minimum absolute atomic E-state index is 0.0275. The van der Waals surface area contributed by atoms with Crippen molar-refractivity contribution in [3.8, 4) is 5.75 Å². The molecule has 2 unspecified atom stereocenters. The molecular weight excluding hydrogens is 338 g/mol. The lowest BCUT2D eigenvalue weighted by molar-refractivity contribution is -0.130. The first-order valence-corrected chi connectivity index (χ1v) is 10.3. The molecule has 25 heavy (non-hydrogen) atoms.